The third kappa shape index (κ3) is 4.43. The van der Waals surface area contributed by atoms with Crippen molar-refractivity contribution in [1.29, 1.82) is 0 Å². The number of nitrogens with zero attached hydrogens (tertiary/aromatic N) is 1. The molecule has 0 saturated carbocycles. The van der Waals surface area contributed by atoms with Gasteiger partial charge >= 0.3 is 0 Å². The van der Waals surface area contributed by atoms with E-state index in [9.17, 15) is 4.79 Å². The topological polar surface area (TPSA) is 68.0 Å². The third-order valence-electron chi connectivity index (χ3n) is 2.88. The Morgan fingerprint density at radius 3 is 2.82 bits per heavy atom. The number of aromatic nitrogens is 1. The van der Waals surface area contributed by atoms with E-state index in [0.29, 0.717) is 17.7 Å². The number of rotatable bonds is 6. The molecule has 0 aliphatic rings. The van der Waals surface area contributed by atoms with Gasteiger partial charge in [0, 0.05) is 17.9 Å². The molecule has 4 nitrogen and oxygen atoms in total. The van der Waals surface area contributed by atoms with Gasteiger partial charge in [0.1, 0.15) is 5.69 Å². The maximum absolute atomic E-state index is 11.0. The zero-order valence-corrected chi connectivity index (χ0v) is 10.7. The molecule has 0 aromatic carbocycles. The second kappa shape index (κ2) is 6.23. The van der Waals surface area contributed by atoms with Crippen molar-refractivity contribution in [3.8, 4) is 0 Å². The van der Waals surface area contributed by atoms with E-state index >= 15 is 0 Å². The molecule has 0 bridgehead atoms. The number of amides is 1. The number of hydrogen-bond acceptors (Lipinski definition) is 3. The van der Waals surface area contributed by atoms with Gasteiger partial charge in [-0.3, -0.25) is 9.78 Å². The Morgan fingerprint density at radius 2 is 2.24 bits per heavy atom. The van der Waals surface area contributed by atoms with Crippen LogP contribution in [0.3, 0.4) is 0 Å². The van der Waals surface area contributed by atoms with Crippen LogP contribution in [0.2, 0.25) is 0 Å². The lowest BCUT2D eigenvalue weighted by atomic mass is 10.0. The molecule has 1 amide bonds. The van der Waals surface area contributed by atoms with Crippen molar-refractivity contribution >= 4 is 11.6 Å². The summed E-state index contributed by atoms with van der Waals surface area (Å²) in [6.45, 7) is 6.56. The highest BCUT2D eigenvalue weighted by atomic mass is 16.1. The fraction of sp³-hybridized carbons (Fsp3) is 0.538. The van der Waals surface area contributed by atoms with E-state index in [4.69, 9.17) is 5.73 Å². The van der Waals surface area contributed by atoms with E-state index in [0.717, 1.165) is 12.1 Å². The van der Waals surface area contributed by atoms with Gasteiger partial charge in [-0.15, -0.1) is 0 Å². The predicted molar refractivity (Wildman–Crippen MR) is 69.9 cm³/mol. The number of nitrogens with two attached hydrogens (primary N) is 1. The predicted octanol–water partition coefficient (Wildman–Crippen LogP) is 2.42. The normalized spacial score (nSPS) is 14.1. The van der Waals surface area contributed by atoms with Crippen LogP contribution in [0.4, 0.5) is 5.69 Å². The summed E-state index contributed by atoms with van der Waals surface area (Å²) in [5, 5.41) is 3.35. The molecule has 0 radical (unpaired) electrons. The molecule has 4 heteroatoms. The Bertz CT molecular complexity index is 379. The number of primary amides is 1. The van der Waals surface area contributed by atoms with Crippen molar-refractivity contribution in [2.24, 2.45) is 11.7 Å². The van der Waals surface area contributed by atoms with Crippen LogP contribution < -0.4 is 11.1 Å². The number of carbonyl (C=O) groups excluding carboxylic acids is 1. The Morgan fingerprint density at radius 1 is 1.53 bits per heavy atom. The summed E-state index contributed by atoms with van der Waals surface area (Å²) >= 11 is 0. The fourth-order valence-corrected chi connectivity index (χ4v) is 1.77. The largest absolute Gasteiger partial charge is 0.382 e. The fourth-order valence-electron chi connectivity index (χ4n) is 1.77. The van der Waals surface area contributed by atoms with E-state index in [2.05, 4.69) is 31.1 Å². The zero-order chi connectivity index (χ0) is 12.8. The quantitative estimate of drug-likeness (QED) is 0.795. The zero-order valence-electron chi connectivity index (χ0n) is 10.7. The van der Waals surface area contributed by atoms with E-state index in [-0.39, 0.29) is 0 Å². The third-order valence-corrected chi connectivity index (χ3v) is 2.88. The molecule has 1 aromatic heterocycles. The van der Waals surface area contributed by atoms with Gasteiger partial charge in [-0.05, 0) is 31.4 Å². The first kappa shape index (κ1) is 13.5. The number of anilines is 1. The summed E-state index contributed by atoms with van der Waals surface area (Å²) in [5.74, 6) is 0.193. The smallest absolute Gasteiger partial charge is 0.267 e. The van der Waals surface area contributed by atoms with Crippen molar-refractivity contribution in [2.75, 3.05) is 5.32 Å². The molecule has 0 aliphatic carbocycles. The lowest BCUT2D eigenvalue weighted by Crippen LogP contribution is -2.19. The van der Waals surface area contributed by atoms with E-state index < -0.39 is 5.91 Å². The first-order chi connectivity index (χ1) is 8.02. The molecule has 3 N–H and O–H groups in total. The number of pyridine rings is 1. The van der Waals surface area contributed by atoms with Crippen molar-refractivity contribution in [3.63, 3.8) is 0 Å². The van der Waals surface area contributed by atoms with Gasteiger partial charge in [0.05, 0.1) is 0 Å². The molecule has 2 unspecified atom stereocenters. The van der Waals surface area contributed by atoms with Gasteiger partial charge in [-0.25, -0.2) is 0 Å². The Labute approximate surface area is 103 Å². The summed E-state index contributed by atoms with van der Waals surface area (Å²) in [6.07, 6.45) is 3.87. The van der Waals surface area contributed by atoms with Crippen molar-refractivity contribution in [1.82, 2.24) is 4.98 Å². The molecule has 0 aliphatic heterocycles. The summed E-state index contributed by atoms with van der Waals surface area (Å²) in [6, 6.07) is 3.91. The first-order valence-electron chi connectivity index (χ1n) is 6.05. The lowest BCUT2D eigenvalue weighted by molar-refractivity contribution is 0.0995. The van der Waals surface area contributed by atoms with Crippen molar-refractivity contribution in [2.45, 2.75) is 39.7 Å². The summed E-state index contributed by atoms with van der Waals surface area (Å²) in [7, 11) is 0. The molecular weight excluding hydrogens is 214 g/mol. The average molecular weight is 235 g/mol. The highest BCUT2D eigenvalue weighted by Crippen LogP contribution is 2.15. The molecule has 0 fully saturated rings. The minimum Gasteiger partial charge on any atom is -0.382 e. The van der Waals surface area contributed by atoms with Crippen LogP contribution in [0, 0.1) is 5.92 Å². The Hall–Kier alpha value is -1.58. The van der Waals surface area contributed by atoms with Crippen LogP contribution >= 0.6 is 0 Å². The molecule has 1 aromatic rings. The van der Waals surface area contributed by atoms with E-state index in [1.807, 2.05) is 6.07 Å². The summed E-state index contributed by atoms with van der Waals surface area (Å²) in [4.78, 5) is 14.9. The van der Waals surface area contributed by atoms with Crippen LogP contribution in [0.15, 0.2) is 18.3 Å². The van der Waals surface area contributed by atoms with Crippen LogP contribution in [-0.2, 0) is 0 Å². The van der Waals surface area contributed by atoms with Crippen LogP contribution in [0.5, 0.6) is 0 Å². The standard InChI is InChI=1S/C13H21N3O/c1-4-9(2)7-10(3)16-11-5-6-15-12(8-11)13(14)17/h5-6,8-10H,4,7H2,1-3H3,(H2,14,17)(H,15,16). The van der Waals surface area contributed by atoms with Gasteiger partial charge in [-0.1, -0.05) is 20.3 Å². The second-order valence-electron chi connectivity index (χ2n) is 4.59. The molecule has 0 spiro atoms. The summed E-state index contributed by atoms with van der Waals surface area (Å²) < 4.78 is 0. The lowest BCUT2D eigenvalue weighted by Gasteiger charge is -2.18. The monoisotopic (exact) mass is 235 g/mol. The Balaban J connectivity index is 2.62. The molecule has 1 rings (SSSR count). The highest BCUT2D eigenvalue weighted by molar-refractivity contribution is 5.91. The first-order valence-corrected chi connectivity index (χ1v) is 6.05. The van der Waals surface area contributed by atoms with Gasteiger partial charge in [0.15, 0.2) is 0 Å². The minimum absolute atomic E-state index is 0.297. The average Bonchev–Trinajstić information content (AvgIpc) is 2.28. The minimum atomic E-state index is -0.497. The molecule has 2 atom stereocenters. The maximum atomic E-state index is 11.0. The summed E-state index contributed by atoms with van der Waals surface area (Å²) in [5.41, 5.74) is 6.38. The highest BCUT2D eigenvalue weighted by Gasteiger charge is 2.08. The van der Waals surface area contributed by atoms with Crippen LogP contribution in [0.25, 0.3) is 0 Å². The number of nitrogens with one attached hydrogen (secondary N) is 1. The van der Waals surface area contributed by atoms with E-state index in [1.165, 1.54) is 6.42 Å². The second-order valence-corrected chi connectivity index (χ2v) is 4.59. The Kier molecular flexibility index (Phi) is 4.94. The van der Waals surface area contributed by atoms with Gasteiger partial charge < -0.3 is 11.1 Å². The van der Waals surface area contributed by atoms with Gasteiger partial charge in [-0.2, -0.15) is 0 Å². The van der Waals surface area contributed by atoms with Crippen LogP contribution in [-0.4, -0.2) is 16.9 Å². The van der Waals surface area contributed by atoms with Crippen LogP contribution in [0.1, 0.15) is 44.1 Å². The van der Waals surface area contributed by atoms with Crippen molar-refractivity contribution < 1.29 is 4.79 Å². The molecule has 17 heavy (non-hydrogen) atoms. The molecule has 0 saturated heterocycles. The van der Waals surface area contributed by atoms with Gasteiger partial charge in [0.2, 0.25) is 0 Å². The molecular formula is C13H21N3O. The maximum Gasteiger partial charge on any atom is 0.267 e. The molecule has 1 heterocycles. The molecule has 94 valence electrons. The van der Waals surface area contributed by atoms with Crippen molar-refractivity contribution in [3.05, 3.63) is 24.0 Å². The SMILES string of the molecule is CCC(C)CC(C)Nc1ccnc(C(N)=O)c1. The number of carbonyl (C=O) groups is 1. The van der Waals surface area contributed by atoms with Gasteiger partial charge in [0.25, 0.3) is 5.91 Å². The van der Waals surface area contributed by atoms with E-state index in [1.54, 1.807) is 12.3 Å². The number of hydrogen-bond donors (Lipinski definition) is 2.